The Bertz CT molecular complexity index is 1680. The molecule has 0 aliphatic heterocycles. The summed E-state index contributed by atoms with van der Waals surface area (Å²) in [7, 11) is 0. The number of esters is 4. The monoisotopic (exact) mass is 589 g/mol. The lowest BCUT2D eigenvalue weighted by molar-refractivity contribution is -0.160. The highest BCUT2D eigenvalue weighted by Gasteiger charge is 2.70. The molecular weight excluding hydrogens is 562 g/mol. The number of halogens is 1. The summed E-state index contributed by atoms with van der Waals surface area (Å²) in [5.41, 5.74) is 5.74. The number of hydrogen-bond acceptors (Lipinski definition) is 9. The van der Waals surface area contributed by atoms with Crippen molar-refractivity contribution < 1.29 is 38.1 Å². The number of carbonyl (C=O) groups excluding carboxylic acids is 4. The van der Waals surface area contributed by atoms with E-state index in [0.29, 0.717) is 24.0 Å². The quantitative estimate of drug-likeness (QED) is 0.228. The highest BCUT2D eigenvalue weighted by atomic mass is 35.5. The normalized spacial score (nSPS) is 22.0. The van der Waals surface area contributed by atoms with Crippen LogP contribution >= 0.6 is 12.4 Å². The summed E-state index contributed by atoms with van der Waals surface area (Å²) in [5.74, 6) is -3.77. The fourth-order valence-corrected chi connectivity index (χ4v) is 6.04. The molecule has 0 bridgehead atoms. The summed E-state index contributed by atoms with van der Waals surface area (Å²) in [5, 5.41) is 3.23. The molecule has 9 nitrogen and oxygen atoms in total. The molecule has 4 atom stereocenters. The molecule has 0 heterocycles. The van der Waals surface area contributed by atoms with Gasteiger partial charge in [-0.25, -0.2) is 14.4 Å². The van der Waals surface area contributed by atoms with Crippen molar-refractivity contribution in [1.82, 2.24) is 0 Å². The molecule has 2 fully saturated rings. The van der Waals surface area contributed by atoms with Crippen LogP contribution in [-0.2, 0) is 28.5 Å². The van der Waals surface area contributed by atoms with E-state index >= 15 is 0 Å². The van der Waals surface area contributed by atoms with Crippen molar-refractivity contribution in [3.05, 3.63) is 96.1 Å². The first-order valence-corrected chi connectivity index (χ1v) is 13.3. The van der Waals surface area contributed by atoms with Crippen molar-refractivity contribution >= 4 is 57.8 Å². The van der Waals surface area contributed by atoms with Gasteiger partial charge < -0.3 is 24.7 Å². The molecule has 0 saturated heterocycles. The number of hydrogen-bond donors (Lipinski definition) is 1. The van der Waals surface area contributed by atoms with Crippen LogP contribution in [0.2, 0.25) is 0 Å². The van der Waals surface area contributed by atoms with Crippen LogP contribution < -0.4 is 5.73 Å². The molecular formula is C32H28ClNO8. The van der Waals surface area contributed by atoms with E-state index in [1.54, 1.807) is 24.3 Å². The third-order valence-corrected chi connectivity index (χ3v) is 8.10. The van der Waals surface area contributed by atoms with E-state index in [1.807, 2.05) is 60.7 Å². The summed E-state index contributed by atoms with van der Waals surface area (Å²) in [6.45, 7) is -1.15. The number of benzene rings is 4. The van der Waals surface area contributed by atoms with Crippen LogP contribution in [0.4, 0.5) is 0 Å². The molecule has 2 aliphatic carbocycles. The number of nitrogens with two attached hydrogens (primary N) is 1. The van der Waals surface area contributed by atoms with Crippen LogP contribution in [0, 0.1) is 17.8 Å². The molecule has 10 heteroatoms. The smallest absolute Gasteiger partial charge is 0.341 e. The molecule has 0 aromatic heterocycles. The second-order valence-electron chi connectivity index (χ2n) is 10.3. The Hall–Kier alpha value is -4.47. The van der Waals surface area contributed by atoms with Gasteiger partial charge in [-0.2, -0.15) is 0 Å². The molecule has 42 heavy (non-hydrogen) atoms. The summed E-state index contributed by atoms with van der Waals surface area (Å²) >= 11 is 0. The Morgan fingerprint density at radius 3 is 1.76 bits per heavy atom. The third-order valence-electron chi connectivity index (χ3n) is 8.10. The van der Waals surface area contributed by atoms with E-state index in [4.69, 9.17) is 24.7 Å². The predicted molar refractivity (Wildman–Crippen MR) is 155 cm³/mol. The van der Waals surface area contributed by atoms with Crippen LogP contribution in [0.3, 0.4) is 0 Å². The number of ether oxygens (including phenoxy) is 4. The van der Waals surface area contributed by atoms with Crippen molar-refractivity contribution in [3.63, 3.8) is 0 Å². The maximum Gasteiger partial charge on any atom is 0.341 e. The second-order valence-corrected chi connectivity index (χ2v) is 10.3. The van der Waals surface area contributed by atoms with Crippen molar-refractivity contribution in [3.8, 4) is 0 Å². The SMILES string of the molecule is Cl.N[C@@]1(C(=O)OCOC(=O)c2cccc3ccccc23)CC[C@H]2[C@H](C(=O)OCOC(=O)c3cccc4ccccc34)[C@H]21. The van der Waals surface area contributed by atoms with Gasteiger partial charge >= 0.3 is 23.9 Å². The summed E-state index contributed by atoms with van der Waals surface area (Å²) < 4.78 is 20.8. The van der Waals surface area contributed by atoms with E-state index in [0.717, 1.165) is 21.5 Å². The summed E-state index contributed by atoms with van der Waals surface area (Å²) in [6.07, 6.45) is 0.875. The molecule has 0 unspecified atom stereocenters. The van der Waals surface area contributed by atoms with E-state index in [9.17, 15) is 19.2 Å². The molecule has 6 rings (SSSR count). The largest absolute Gasteiger partial charge is 0.428 e. The van der Waals surface area contributed by atoms with Crippen LogP contribution in [0.15, 0.2) is 84.9 Å². The van der Waals surface area contributed by atoms with Crippen LogP contribution in [-0.4, -0.2) is 43.0 Å². The van der Waals surface area contributed by atoms with Gasteiger partial charge in [0.05, 0.1) is 17.0 Å². The zero-order valence-corrected chi connectivity index (χ0v) is 23.2. The average Bonchev–Trinajstić information content (AvgIpc) is 3.64. The Balaban J connectivity index is 0.00000353. The molecule has 216 valence electrons. The lowest BCUT2D eigenvalue weighted by Gasteiger charge is -2.24. The first-order chi connectivity index (χ1) is 19.9. The minimum absolute atomic E-state index is 0. The lowest BCUT2D eigenvalue weighted by Crippen LogP contribution is -2.51. The number of rotatable bonds is 8. The first-order valence-electron chi connectivity index (χ1n) is 13.3. The maximum atomic E-state index is 12.9. The Labute approximate surface area is 247 Å². The maximum absolute atomic E-state index is 12.9. The summed E-state index contributed by atoms with van der Waals surface area (Å²) in [6, 6.07) is 25.3. The molecule has 2 saturated carbocycles. The number of fused-ring (bicyclic) bond motifs is 3. The van der Waals surface area contributed by atoms with Crippen molar-refractivity contribution in [2.24, 2.45) is 23.5 Å². The summed E-state index contributed by atoms with van der Waals surface area (Å²) in [4.78, 5) is 50.9. The van der Waals surface area contributed by atoms with Gasteiger partial charge in [-0.05, 0) is 52.4 Å². The Morgan fingerprint density at radius 1 is 0.690 bits per heavy atom. The van der Waals surface area contributed by atoms with Gasteiger partial charge in [-0.15, -0.1) is 12.4 Å². The highest BCUT2D eigenvalue weighted by Crippen LogP contribution is 2.62. The lowest BCUT2D eigenvalue weighted by atomic mass is 9.91. The van der Waals surface area contributed by atoms with Crippen LogP contribution in [0.1, 0.15) is 33.6 Å². The van der Waals surface area contributed by atoms with E-state index in [2.05, 4.69) is 0 Å². The molecule has 0 amide bonds. The van der Waals surface area contributed by atoms with Crippen LogP contribution in [0.5, 0.6) is 0 Å². The van der Waals surface area contributed by atoms with Gasteiger partial charge in [-0.3, -0.25) is 4.79 Å². The van der Waals surface area contributed by atoms with Crippen molar-refractivity contribution in [2.75, 3.05) is 13.6 Å². The zero-order chi connectivity index (χ0) is 28.6. The van der Waals surface area contributed by atoms with Gasteiger partial charge in [0, 0.05) is 5.92 Å². The van der Waals surface area contributed by atoms with Crippen LogP contribution in [0.25, 0.3) is 21.5 Å². The fourth-order valence-electron chi connectivity index (χ4n) is 6.04. The van der Waals surface area contributed by atoms with Gasteiger partial charge in [0.25, 0.3) is 0 Å². The Kier molecular flexibility index (Phi) is 8.15. The van der Waals surface area contributed by atoms with Gasteiger partial charge in [0.2, 0.25) is 13.6 Å². The predicted octanol–water partition coefficient (Wildman–Crippen LogP) is 4.78. The highest BCUT2D eigenvalue weighted by molar-refractivity contribution is 6.05. The van der Waals surface area contributed by atoms with E-state index in [-0.39, 0.29) is 18.3 Å². The Morgan fingerprint density at radius 2 is 1.19 bits per heavy atom. The van der Waals surface area contributed by atoms with Gasteiger partial charge in [0.1, 0.15) is 5.54 Å². The average molecular weight is 590 g/mol. The number of carbonyl (C=O) groups is 4. The minimum Gasteiger partial charge on any atom is -0.428 e. The minimum atomic E-state index is -1.40. The van der Waals surface area contributed by atoms with Crippen molar-refractivity contribution in [1.29, 1.82) is 0 Å². The fraction of sp³-hybridized carbons (Fsp3) is 0.250. The molecule has 4 aromatic carbocycles. The standard InChI is InChI=1S/C32H27NO8.ClH/c33-32(31(37)41-18-39-29(35)24-14-6-10-20-8-2-4-12-22(20)24)16-15-25-26(27(25)32)30(36)40-17-38-28(34)23-13-5-9-19-7-1-3-11-21(19)23;/h1-14,25-27H,15-18,33H2;1H/t25-,26-,27-,32-;/m0./s1. The topological polar surface area (TPSA) is 131 Å². The van der Waals surface area contributed by atoms with Gasteiger partial charge in [0.15, 0.2) is 0 Å². The first kappa shape index (κ1) is 29.0. The van der Waals surface area contributed by atoms with E-state index in [1.165, 1.54) is 0 Å². The van der Waals surface area contributed by atoms with E-state index < -0.39 is 54.8 Å². The zero-order valence-electron chi connectivity index (χ0n) is 22.4. The molecule has 0 spiro atoms. The molecule has 2 aliphatic rings. The second kappa shape index (κ2) is 11.8. The van der Waals surface area contributed by atoms with Gasteiger partial charge in [-0.1, -0.05) is 72.8 Å². The molecule has 0 radical (unpaired) electrons. The third kappa shape index (κ3) is 5.29. The molecule has 4 aromatic rings. The molecule has 2 N–H and O–H groups in total. The van der Waals surface area contributed by atoms with Crippen molar-refractivity contribution in [2.45, 2.75) is 18.4 Å².